The Hall–Kier alpha value is -3.58. The maximum absolute atomic E-state index is 6.39. The Balaban J connectivity index is 1.50. The molecule has 2 aromatic heterocycles. The third-order valence-corrected chi connectivity index (χ3v) is 6.77. The van der Waals surface area contributed by atoms with Crippen molar-refractivity contribution >= 4 is 16.9 Å². The molecule has 194 valence electrons. The molecule has 0 radical (unpaired) electrons. The molecule has 7 heteroatoms. The molecule has 5 rings (SSSR count). The van der Waals surface area contributed by atoms with Crippen molar-refractivity contribution in [2.24, 2.45) is 5.92 Å². The average molecular weight is 501 g/mol. The van der Waals surface area contributed by atoms with Gasteiger partial charge in [-0.05, 0) is 55.6 Å². The second-order valence-corrected chi connectivity index (χ2v) is 9.97. The van der Waals surface area contributed by atoms with E-state index in [-0.39, 0.29) is 0 Å². The van der Waals surface area contributed by atoms with Gasteiger partial charge in [0.25, 0.3) is 0 Å². The van der Waals surface area contributed by atoms with Crippen molar-refractivity contribution in [2.75, 3.05) is 45.2 Å². The number of hydrogen-bond acceptors (Lipinski definition) is 7. The van der Waals surface area contributed by atoms with Gasteiger partial charge in [0.15, 0.2) is 11.5 Å². The van der Waals surface area contributed by atoms with Crippen LogP contribution in [0.4, 0.5) is 5.82 Å². The number of ether oxygens (including phenoxy) is 2. The van der Waals surface area contributed by atoms with E-state index < -0.39 is 0 Å². The maximum Gasteiger partial charge on any atom is 0.232 e. The van der Waals surface area contributed by atoms with Crippen LogP contribution in [0.1, 0.15) is 33.1 Å². The van der Waals surface area contributed by atoms with E-state index >= 15 is 0 Å². The zero-order valence-electron chi connectivity index (χ0n) is 22.0. The number of aromatic nitrogens is 2. The highest BCUT2D eigenvalue weighted by atomic mass is 16.5. The van der Waals surface area contributed by atoms with Crippen LogP contribution in [0, 0.1) is 5.92 Å². The molecule has 4 aromatic rings. The largest absolute Gasteiger partial charge is 0.493 e. The van der Waals surface area contributed by atoms with Crippen LogP contribution >= 0.6 is 0 Å². The van der Waals surface area contributed by atoms with E-state index in [4.69, 9.17) is 13.9 Å². The highest BCUT2D eigenvalue weighted by molar-refractivity contribution is 6.05. The predicted molar refractivity (Wildman–Crippen MR) is 148 cm³/mol. The third-order valence-electron chi connectivity index (χ3n) is 6.77. The number of nitrogens with one attached hydrogen (secondary N) is 1. The number of piperidine rings is 1. The van der Waals surface area contributed by atoms with Crippen molar-refractivity contribution in [1.29, 1.82) is 0 Å². The molecular formula is C30H36N4O3. The van der Waals surface area contributed by atoms with Crippen LogP contribution in [0.2, 0.25) is 0 Å². The molecule has 1 aliphatic rings. The summed E-state index contributed by atoms with van der Waals surface area (Å²) in [7, 11) is 1.67. The Kier molecular flexibility index (Phi) is 7.90. The van der Waals surface area contributed by atoms with Gasteiger partial charge in [0, 0.05) is 24.2 Å². The zero-order valence-corrected chi connectivity index (χ0v) is 22.0. The molecule has 37 heavy (non-hydrogen) atoms. The van der Waals surface area contributed by atoms with Crippen molar-refractivity contribution in [3.63, 3.8) is 0 Å². The normalized spacial score (nSPS) is 14.3. The molecule has 0 unspecified atom stereocenters. The first-order chi connectivity index (χ1) is 18.1. The van der Waals surface area contributed by atoms with Crippen LogP contribution in [0.15, 0.2) is 59.3 Å². The van der Waals surface area contributed by atoms with Gasteiger partial charge in [0.2, 0.25) is 5.71 Å². The number of methoxy groups -OCH3 is 1. The van der Waals surface area contributed by atoms with Crippen LogP contribution in [0.25, 0.3) is 33.6 Å². The second-order valence-electron chi connectivity index (χ2n) is 9.97. The van der Waals surface area contributed by atoms with Gasteiger partial charge in [-0.15, -0.1) is 0 Å². The van der Waals surface area contributed by atoms with E-state index in [2.05, 4.69) is 46.2 Å². The molecular weight excluding hydrogens is 464 g/mol. The molecule has 1 aliphatic heterocycles. The Morgan fingerprint density at radius 2 is 1.78 bits per heavy atom. The second kappa shape index (κ2) is 11.6. The monoisotopic (exact) mass is 500 g/mol. The number of benzene rings is 2. The van der Waals surface area contributed by atoms with E-state index in [9.17, 15) is 0 Å². The van der Waals surface area contributed by atoms with Gasteiger partial charge < -0.3 is 19.2 Å². The van der Waals surface area contributed by atoms with Gasteiger partial charge in [-0.2, -0.15) is 0 Å². The standard InChI is InChI=1S/C30H36N4O3/c1-21(2)19-31-29-27-26(22-10-6-4-7-11-22)28(37-30(27)33-20-32-29)23-12-13-24(25(18-23)35-3)36-17-16-34-14-8-5-9-15-34/h4,6-7,10-13,18,20-21H,5,8-9,14-17,19H2,1-3H3,(H,31,32,33). The lowest BCUT2D eigenvalue weighted by Gasteiger charge is -2.26. The molecule has 3 heterocycles. The van der Waals surface area contributed by atoms with E-state index in [1.165, 1.54) is 19.3 Å². The lowest BCUT2D eigenvalue weighted by atomic mass is 9.99. The van der Waals surface area contributed by atoms with E-state index in [1.807, 2.05) is 36.4 Å². The van der Waals surface area contributed by atoms with Crippen molar-refractivity contribution in [2.45, 2.75) is 33.1 Å². The van der Waals surface area contributed by atoms with Crippen LogP contribution in [-0.4, -0.2) is 54.8 Å². The first-order valence-electron chi connectivity index (χ1n) is 13.2. The topological polar surface area (TPSA) is 72.7 Å². The van der Waals surface area contributed by atoms with Crippen LogP contribution in [-0.2, 0) is 0 Å². The molecule has 2 aromatic carbocycles. The fraction of sp³-hybridized carbons (Fsp3) is 0.400. The van der Waals surface area contributed by atoms with E-state index in [1.54, 1.807) is 13.4 Å². The van der Waals surface area contributed by atoms with Gasteiger partial charge in [0.1, 0.15) is 24.5 Å². The van der Waals surface area contributed by atoms with Crippen LogP contribution in [0.5, 0.6) is 11.5 Å². The molecule has 0 saturated carbocycles. The molecule has 0 spiro atoms. The molecule has 1 saturated heterocycles. The average Bonchev–Trinajstić information content (AvgIpc) is 3.33. The number of fused-ring (bicyclic) bond motifs is 1. The zero-order chi connectivity index (χ0) is 25.6. The minimum absolute atomic E-state index is 0.475. The van der Waals surface area contributed by atoms with Crippen molar-refractivity contribution in [3.8, 4) is 33.9 Å². The number of furan rings is 1. The Morgan fingerprint density at radius 1 is 0.973 bits per heavy atom. The SMILES string of the molecule is COc1cc(-c2oc3ncnc(NCC(C)C)c3c2-c2ccccc2)ccc1OCCN1CCCCC1. The minimum atomic E-state index is 0.475. The molecule has 0 atom stereocenters. The predicted octanol–water partition coefficient (Wildman–Crippen LogP) is 6.50. The molecule has 0 bridgehead atoms. The van der Waals surface area contributed by atoms with Crippen LogP contribution in [0.3, 0.4) is 0 Å². The summed E-state index contributed by atoms with van der Waals surface area (Å²) in [4.78, 5) is 11.5. The highest BCUT2D eigenvalue weighted by Crippen LogP contribution is 2.44. The fourth-order valence-electron chi connectivity index (χ4n) is 4.85. The first kappa shape index (κ1) is 25.1. The number of rotatable bonds is 10. The highest BCUT2D eigenvalue weighted by Gasteiger charge is 2.23. The summed E-state index contributed by atoms with van der Waals surface area (Å²) in [5.41, 5.74) is 3.45. The Labute approximate surface area is 218 Å². The summed E-state index contributed by atoms with van der Waals surface area (Å²) in [6, 6.07) is 16.2. The van der Waals surface area contributed by atoms with E-state index in [0.717, 1.165) is 65.6 Å². The lowest BCUT2D eigenvalue weighted by molar-refractivity contribution is 0.180. The molecule has 1 fully saturated rings. The summed E-state index contributed by atoms with van der Waals surface area (Å²) in [5.74, 6) is 3.40. The van der Waals surface area contributed by atoms with Crippen molar-refractivity contribution in [1.82, 2.24) is 14.9 Å². The summed E-state index contributed by atoms with van der Waals surface area (Å²) >= 11 is 0. The quantitative estimate of drug-likeness (QED) is 0.266. The lowest BCUT2D eigenvalue weighted by Crippen LogP contribution is -2.33. The van der Waals surface area contributed by atoms with Gasteiger partial charge in [-0.25, -0.2) is 9.97 Å². The van der Waals surface area contributed by atoms with Crippen LogP contribution < -0.4 is 14.8 Å². The van der Waals surface area contributed by atoms with E-state index in [0.29, 0.717) is 24.0 Å². The smallest absolute Gasteiger partial charge is 0.232 e. The molecule has 0 aliphatic carbocycles. The third kappa shape index (κ3) is 5.72. The number of anilines is 1. The van der Waals surface area contributed by atoms with Gasteiger partial charge in [-0.1, -0.05) is 50.6 Å². The maximum atomic E-state index is 6.39. The first-order valence-corrected chi connectivity index (χ1v) is 13.2. The van der Waals surface area contributed by atoms with Gasteiger partial charge in [0.05, 0.1) is 12.5 Å². The Morgan fingerprint density at radius 3 is 2.54 bits per heavy atom. The molecule has 0 amide bonds. The van der Waals surface area contributed by atoms with Gasteiger partial charge in [-0.3, -0.25) is 4.90 Å². The minimum Gasteiger partial charge on any atom is -0.493 e. The molecule has 1 N–H and O–H groups in total. The number of likely N-dealkylation sites (tertiary alicyclic amines) is 1. The summed E-state index contributed by atoms with van der Waals surface area (Å²) in [6.07, 6.45) is 5.43. The summed E-state index contributed by atoms with van der Waals surface area (Å²) < 4.78 is 18.3. The number of hydrogen-bond donors (Lipinski definition) is 1. The summed E-state index contributed by atoms with van der Waals surface area (Å²) in [6.45, 7) is 9.03. The Bertz CT molecular complexity index is 1310. The van der Waals surface area contributed by atoms with Gasteiger partial charge >= 0.3 is 0 Å². The number of nitrogens with zero attached hydrogens (tertiary/aromatic N) is 3. The molecule has 7 nitrogen and oxygen atoms in total. The van der Waals surface area contributed by atoms with Crippen molar-refractivity contribution < 1.29 is 13.9 Å². The van der Waals surface area contributed by atoms with Crippen molar-refractivity contribution in [3.05, 3.63) is 54.9 Å². The fourth-order valence-corrected chi connectivity index (χ4v) is 4.85. The summed E-state index contributed by atoms with van der Waals surface area (Å²) in [5, 5.41) is 4.36.